The third-order valence-corrected chi connectivity index (χ3v) is 1.37. The minimum absolute atomic E-state index is 0.123. The molecule has 5 heteroatoms. The van der Waals surface area contributed by atoms with Gasteiger partial charge in [-0.2, -0.15) is 0 Å². The number of rotatable bonds is 2. The maximum atomic E-state index is 11.3. The fraction of sp³-hybridized carbons (Fsp3) is 0.250. The third kappa shape index (κ3) is 2.41. The van der Waals surface area contributed by atoms with E-state index in [-0.39, 0.29) is 17.2 Å². The zero-order chi connectivity index (χ0) is 9.84. The molecule has 1 aromatic heterocycles. The largest absolute Gasteiger partial charge is 0.505 e. The van der Waals surface area contributed by atoms with E-state index in [9.17, 15) is 9.90 Å². The van der Waals surface area contributed by atoms with Crippen LogP contribution in [0.1, 0.15) is 10.4 Å². The van der Waals surface area contributed by atoms with Gasteiger partial charge in [0.25, 0.3) is 5.91 Å². The van der Waals surface area contributed by atoms with Crippen LogP contribution in [0, 0.1) is 0 Å². The van der Waals surface area contributed by atoms with Crippen molar-refractivity contribution in [3.8, 4) is 5.75 Å². The Labute approximate surface area is 76.0 Å². The van der Waals surface area contributed by atoms with Crippen LogP contribution in [-0.4, -0.2) is 35.1 Å². The number of pyridine rings is 1. The van der Waals surface area contributed by atoms with Crippen LogP contribution in [0.25, 0.3) is 0 Å². The van der Waals surface area contributed by atoms with Crippen molar-refractivity contribution in [1.29, 1.82) is 0 Å². The van der Waals surface area contributed by atoms with E-state index in [4.69, 9.17) is 0 Å². The standard InChI is InChI=1S/C8H11N3O2/c1-11(2)10-8(13)6-3-4-9-5-7(6)12/h3-5,12H,1-2H3,(H,10,13). The summed E-state index contributed by atoms with van der Waals surface area (Å²) in [6, 6.07) is 1.45. The van der Waals surface area contributed by atoms with Gasteiger partial charge in [-0.25, -0.2) is 5.01 Å². The number of hydrogen-bond donors (Lipinski definition) is 2. The Morgan fingerprint density at radius 1 is 1.62 bits per heavy atom. The summed E-state index contributed by atoms with van der Waals surface area (Å²) in [5.41, 5.74) is 2.72. The number of aromatic nitrogens is 1. The molecule has 5 nitrogen and oxygen atoms in total. The first-order chi connectivity index (χ1) is 6.11. The van der Waals surface area contributed by atoms with E-state index in [2.05, 4.69) is 10.4 Å². The maximum Gasteiger partial charge on any atom is 0.269 e. The molecule has 0 bridgehead atoms. The average Bonchev–Trinajstić information content (AvgIpc) is 2.03. The Morgan fingerprint density at radius 3 is 2.85 bits per heavy atom. The Kier molecular flexibility index (Phi) is 2.81. The number of carbonyl (C=O) groups excluding carboxylic acids is 1. The van der Waals surface area contributed by atoms with Crippen molar-refractivity contribution in [1.82, 2.24) is 15.4 Å². The molecule has 0 aromatic carbocycles. The van der Waals surface area contributed by atoms with Gasteiger partial charge < -0.3 is 5.11 Å². The highest BCUT2D eigenvalue weighted by molar-refractivity contribution is 5.96. The van der Waals surface area contributed by atoms with Gasteiger partial charge in [0.05, 0.1) is 11.8 Å². The van der Waals surface area contributed by atoms with Gasteiger partial charge in [-0.15, -0.1) is 0 Å². The lowest BCUT2D eigenvalue weighted by Gasteiger charge is -2.11. The van der Waals surface area contributed by atoms with E-state index >= 15 is 0 Å². The van der Waals surface area contributed by atoms with Crippen LogP contribution in [0.4, 0.5) is 0 Å². The summed E-state index contributed by atoms with van der Waals surface area (Å²) < 4.78 is 0. The second-order valence-electron chi connectivity index (χ2n) is 2.73. The predicted octanol–water partition coefficient (Wildman–Crippen LogP) is -0.00640. The molecule has 0 radical (unpaired) electrons. The number of amides is 1. The van der Waals surface area contributed by atoms with Crippen molar-refractivity contribution in [2.24, 2.45) is 0 Å². The van der Waals surface area contributed by atoms with Gasteiger partial charge in [0.1, 0.15) is 5.75 Å². The Hall–Kier alpha value is -1.62. The van der Waals surface area contributed by atoms with Crippen molar-refractivity contribution in [3.05, 3.63) is 24.0 Å². The molecule has 0 atom stereocenters. The molecule has 13 heavy (non-hydrogen) atoms. The molecule has 0 fully saturated rings. The zero-order valence-electron chi connectivity index (χ0n) is 7.48. The van der Waals surface area contributed by atoms with Gasteiger partial charge in [-0.05, 0) is 6.07 Å². The van der Waals surface area contributed by atoms with Crippen LogP contribution < -0.4 is 5.43 Å². The van der Waals surface area contributed by atoms with Crippen LogP contribution in [0.2, 0.25) is 0 Å². The van der Waals surface area contributed by atoms with Crippen LogP contribution in [0.15, 0.2) is 18.5 Å². The fourth-order valence-corrected chi connectivity index (χ4v) is 0.841. The van der Waals surface area contributed by atoms with E-state index in [1.807, 2.05) is 0 Å². The molecule has 0 aliphatic rings. The highest BCUT2D eigenvalue weighted by Gasteiger charge is 2.10. The Balaban J connectivity index is 2.83. The molecule has 0 spiro atoms. The normalized spacial score (nSPS) is 10.1. The van der Waals surface area contributed by atoms with Crippen LogP contribution in [-0.2, 0) is 0 Å². The molecule has 0 unspecified atom stereocenters. The van der Waals surface area contributed by atoms with Crippen LogP contribution >= 0.6 is 0 Å². The van der Waals surface area contributed by atoms with Gasteiger partial charge >= 0.3 is 0 Å². The van der Waals surface area contributed by atoms with Crippen LogP contribution in [0.5, 0.6) is 5.75 Å². The van der Waals surface area contributed by atoms with Crippen molar-refractivity contribution < 1.29 is 9.90 Å². The summed E-state index contributed by atoms with van der Waals surface area (Å²) in [6.45, 7) is 0. The first-order valence-electron chi connectivity index (χ1n) is 3.72. The SMILES string of the molecule is CN(C)NC(=O)c1ccncc1O. The lowest BCUT2D eigenvalue weighted by molar-refractivity contribution is 0.0854. The smallest absolute Gasteiger partial charge is 0.269 e. The topological polar surface area (TPSA) is 65.5 Å². The minimum atomic E-state index is -0.357. The second-order valence-corrected chi connectivity index (χ2v) is 2.73. The molecular weight excluding hydrogens is 170 g/mol. The van der Waals surface area contributed by atoms with Crippen molar-refractivity contribution in [2.45, 2.75) is 0 Å². The summed E-state index contributed by atoms with van der Waals surface area (Å²) in [5.74, 6) is -0.480. The molecule has 0 saturated heterocycles. The van der Waals surface area contributed by atoms with Gasteiger partial charge in [-0.1, -0.05) is 0 Å². The molecular formula is C8H11N3O2. The molecule has 1 heterocycles. The van der Waals surface area contributed by atoms with Crippen molar-refractivity contribution in [3.63, 3.8) is 0 Å². The predicted molar refractivity (Wildman–Crippen MR) is 47.1 cm³/mol. The Morgan fingerprint density at radius 2 is 2.31 bits per heavy atom. The summed E-state index contributed by atoms with van der Waals surface area (Å²) in [7, 11) is 3.38. The summed E-state index contributed by atoms with van der Waals surface area (Å²) >= 11 is 0. The molecule has 2 N–H and O–H groups in total. The first kappa shape index (κ1) is 9.47. The van der Waals surface area contributed by atoms with E-state index < -0.39 is 0 Å². The number of carbonyl (C=O) groups is 1. The zero-order valence-corrected chi connectivity index (χ0v) is 7.48. The molecule has 1 amide bonds. The first-order valence-corrected chi connectivity index (χ1v) is 3.72. The van der Waals surface area contributed by atoms with Gasteiger partial charge in [0, 0.05) is 20.3 Å². The van der Waals surface area contributed by atoms with E-state index in [1.165, 1.54) is 23.5 Å². The number of nitrogens with zero attached hydrogens (tertiary/aromatic N) is 2. The summed E-state index contributed by atoms with van der Waals surface area (Å²) in [6.07, 6.45) is 2.68. The number of hydrazine groups is 1. The van der Waals surface area contributed by atoms with Crippen molar-refractivity contribution in [2.75, 3.05) is 14.1 Å². The summed E-state index contributed by atoms with van der Waals surface area (Å²) in [5, 5.41) is 10.8. The second kappa shape index (κ2) is 3.86. The number of aromatic hydroxyl groups is 1. The molecule has 1 rings (SSSR count). The lowest BCUT2D eigenvalue weighted by Crippen LogP contribution is -2.36. The van der Waals surface area contributed by atoms with E-state index in [0.717, 1.165) is 0 Å². The van der Waals surface area contributed by atoms with Crippen LogP contribution in [0.3, 0.4) is 0 Å². The fourth-order valence-electron chi connectivity index (χ4n) is 0.841. The molecule has 0 aliphatic carbocycles. The van der Waals surface area contributed by atoms with Gasteiger partial charge in [0.15, 0.2) is 0 Å². The highest BCUT2D eigenvalue weighted by atomic mass is 16.3. The lowest BCUT2D eigenvalue weighted by atomic mass is 10.2. The summed E-state index contributed by atoms with van der Waals surface area (Å²) in [4.78, 5) is 15.0. The Bertz CT molecular complexity index is 312. The maximum absolute atomic E-state index is 11.3. The molecule has 70 valence electrons. The number of hydrogen-bond acceptors (Lipinski definition) is 4. The number of nitrogens with one attached hydrogen (secondary N) is 1. The van der Waals surface area contributed by atoms with E-state index in [1.54, 1.807) is 14.1 Å². The monoisotopic (exact) mass is 181 g/mol. The molecule has 1 aromatic rings. The quantitative estimate of drug-likeness (QED) is 0.630. The van der Waals surface area contributed by atoms with Crippen molar-refractivity contribution >= 4 is 5.91 Å². The van der Waals surface area contributed by atoms with Gasteiger partial charge in [0.2, 0.25) is 0 Å². The minimum Gasteiger partial charge on any atom is -0.505 e. The molecule has 0 saturated carbocycles. The highest BCUT2D eigenvalue weighted by Crippen LogP contribution is 2.12. The van der Waals surface area contributed by atoms with E-state index in [0.29, 0.717) is 0 Å². The molecule has 0 aliphatic heterocycles. The van der Waals surface area contributed by atoms with Gasteiger partial charge in [-0.3, -0.25) is 15.2 Å². The third-order valence-electron chi connectivity index (χ3n) is 1.37. The average molecular weight is 181 g/mol.